The Morgan fingerprint density at radius 1 is 1.52 bits per heavy atom. The molecule has 7 nitrogen and oxygen atoms in total. The van der Waals surface area contributed by atoms with Crippen molar-refractivity contribution in [2.75, 3.05) is 11.9 Å². The molecule has 2 unspecified atom stereocenters. The molecule has 2 aromatic rings. The van der Waals surface area contributed by atoms with Gasteiger partial charge in [-0.15, -0.1) is 0 Å². The maximum absolute atomic E-state index is 12.6. The van der Waals surface area contributed by atoms with Crippen LogP contribution in [0.15, 0.2) is 35.2 Å². The number of aromatic nitrogens is 2. The van der Waals surface area contributed by atoms with Gasteiger partial charge in [-0.05, 0) is 45.7 Å². The second-order valence-electron chi connectivity index (χ2n) is 7.53. The van der Waals surface area contributed by atoms with Crippen LogP contribution in [0.2, 0.25) is 0 Å². The first kappa shape index (κ1) is 17.5. The summed E-state index contributed by atoms with van der Waals surface area (Å²) >= 11 is 0. The van der Waals surface area contributed by atoms with E-state index in [1.807, 2.05) is 10.9 Å². The molecule has 0 radical (unpaired) electrons. The number of nitrogens with zero attached hydrogens (tertiary/aromatic N) is 3. The van der Waals surface area contributed by atoms with Crippen molar-refractivity contribution in [1.29, 1.82) is 0 Å². The van der Waals surface area contributed by atoms with Gasteiger partial charge in [0, 0.05) is 25.2 Å². The van der Waals surface area contributed by atoms with Gasteiger partial charge in [0.15, 0.2) is 0 Å². The summed E-state index contributed by atoms with van der Waals surface area (Å²) in [7, 11) is 0. The number of aliphatic hydroxyl groups excluding tert-OH is 1. The van der Waals surface area contributed by atoms with E-state index in [2.05, 4.69) is 31.2 Å². The zero-order valence-corrected chi connectivity index (χ0v) is 15.0. The van der Waals surface area contributed by atoms with Crippen molar-refractivity contribution in [3.63, 3.8) is 0 Å². The van der Waals surface area contributed by atoms with Gasteiger partial charge in [0.2, 0.25) is 0 Å². The lowest BCUT2D eigenvalue weighted by atomic mass is 10.1. The number of hydrogen-bond acceptors (Lipinski definition) is 4. The fourth-order valence-corrected chi connectivity index (χ4v) is 3.15. The van der Waals surface area contributed by atoms with Crippen molar-refractivity contribution in [2.24, 2.45) is 0 Å². The Labute approximate surface area is 147 Å². The average Bonchev–Trinajstić information content (AvgIpc) is 3.27. The van der Waals surface area contributed by atoms with Crippen LogP contribution in [0, 0.1) is 0 Å². The smallest absolute Gasteiger partial charge is 0.322 e. The van der Waals surface area contributed by atoms with Crippen LogP contribution in [0.4, 0.5) is 10.5 Å². The zero-order valence-electron chi connectivity index (χ0n) is 15.0. The quantitative estimate of drug-likeness (QED) is 0.889. The molecule has 2 N–H and O–H groups in total. The SMILES string of the molecule is CC(C)(C)n1cc(NC(=O)N2CCCC2CC(O)c2ccco2)cn1. The van der Waals surface area contributed by atoms with E-state index in [0.29, 0.717) is 24.4 Å². The monoisotopic (exact) mass is 346 g/mol. The maximum atomic E-state index is 12.6. The summed E-state index contributed by atoms with van der Waals surface area (Å²) in [5, 5.41) is 17.5. The van der Waals surface area contributed by atoms with Crippen LogP contribution in [-0.2, 0) is 5.54 Å². The first-order valence-electron chi connectivity index (χ1n) is 8.69. The van der Waals surface area contributed by atoms with Crippen LogP contribution in [-0.4, -0.2) is 38.4 Å². The lowest BCUT2D eigenvalue weighted by Gasteiger charge is -2.26. The molecule has 1 aliphatic heterocycles. The van der Waals surface area contributed by atoms with Crippen LogP contribution in [0.25, 0.3) is 0 Å². The van der Waals surface area contributed by atoms with Crippen molar-refractivity contribution in [1.82, 2.24) is 14.7 Å². The van der Waals surface area contributed by atoms with E-state index >= 15 is 0 Å². The first-order chi connectivity index (χ1) is 11.8. The van der Waals surface area contributed by atoms with Gasteiger partial charge in [0.05, 0.1) is 23.7 Å². The summed E-state index contributed by atoms with van der Waals surface area (Å²) < 4.78 is 7.08. The molecule has 2 amide bonds. The number of carbonyl (C=O) groups excluding carboxylic acids is 1. The van der Waals surface area contributed by atoms with Crippen molar-refractivity contribution in [2.45, 2.75) is 57.7 Å². The average molecular weight is 346 g/mol. The number of likely N-dealkylation sites (tertiary alicyclic amines) is 1. The molecule has 1 aliphatic rings. The van der Waals surface area contributed by atoms with E-state index < -0.39 is 6.10 Å². The molecule has 1 fully saturated rings. The normalized spacial score (nSPS) is 19.2. The third-order valence-corrected chi connectivity index (χ3v) is 4.53. The predicted molar refractivity (Wildman–Crippen MR) is 94.3 cm³/mol. The van der Waals surface area contributed by atoms with Gasteiger partial charge in [-0.1, -0.05) is 0 Å². The Morgan fingerprint density at radius 2 is 2.32 bits per heavy atom. The molecule has 0 saturated carbocycles. The number of carbonyl (C=O) groups is 1. The molecule has 3 heterocycles. The standard InChI is InChI=1S/C18H26N4O3/c1-18(2,3)22-12-13(11-19-22)20-17(24)21-8-4-6-14(21)10-15(23)16-7-5-9-25-16/h5,7,9,11-12,14-15,23H,4,6,8,10H2,1-3H3,(H,20,24). The summed E-state index contributed by atoms with van der Waals surface area (Å²) in [6.45, 7) is 6.85. The number of rotatable bonds is 4. The minimum atomic E-state index is -0.697. The van der Waals surface area contributed by atoms with Crippen LogP contribution in [0.5, 0.6) is 0 Å². The Bertz CT molecular complexity index is 702. The van der Waals surface area contributed by atoms with Gasteiger partial charge < -0.3 is 19.7 Å². The Morgan fingerprint density at radius 3 is 2.96 bits per heavy atom. The molecule has 0 aromatic carbocycles. The zero-order chi connectivity index (χ0) is 18.0. The lowest BCUT2D eigenvalue weighted by molar-refractivity contribution is 0.110. The van der Waals surface area contributed by atoms with Gasteiger partial charge in [-0.25, -0.2) is 4.79 Å². The molecule has 0 bridgehead atoms. The van der Waals surface area contributed by atoms with Crippen LogP contribution >= 0.6 is 0 Å². The fourth-order valence-electron chi connectivity index (χ4n) is 3.15. The highest BCUT2D eigenvalue weighted by atomic mass is 16.4. The van der Waals surface area contributed by atoms with Crippen LogP contribution in [0.3, 0.4) is 0 Å². The Balaban J connectivity index is 1.61. The number of aliphatic hydroxyl groups is 1. The highest BCUT2D eigenvalue weighted by Gasteiger charge is 2.31. The minimum Gasteiger partial charge on any atom is -0.467 e. The molecule has 136 valence electrons. The molecule has 25 heavy (non-hydrogen) atoms. The fraction of sp³-hybridized carbons (Fsp3) is 0.556. The molecule has 0 spiro atoms. The van der Waals surface area contributed by atoms with Gasteiger partial charge in [-0.3, -0.25) is 4.68 Å². The maximum Gasteiger partial charge on any atom is 0.322 e. The predicted octanol–water partition coefficient (Wildman–Crippen LogP) is 3.35. The van der Waals surface area contributed by atoms with Crippen LogP contribution in [0.1, 0.15) is 51.9 Å². The number of furan rings is 1. The third kappa shape index (κ3) is 4.04. The molecule has 2 atom stereocenters. The number of nitrogens with one attached hydrogen (secondary N) is 1. The van der Waals surface area contributed by atoms with Crippen molar-refractivity contribution >= 4 is 11.7 Å². The Kier molecular flexibility index (Phi) is 4.85. The number of amides is 2. The third-order valence-electron chi connectivity index (χ3n) is 4.53. The van der Waals surface area contributed by atoms with Gasteiger partial charge in [-0.2, -0.15) is 5.10 Å². The first-order valence-corrected chi connectivity index (χ1v) is 8.69. The van der Waals surface area contributed by atoms with E-state index in [4.69, 9.17) is 4.42 Å². The summed E-state index contributed by atoms with van der Waals surface area (Å²) in [6.07, 6.45) is 6.63. The van der Waals surface area contributed by atoms with E-state index in [-0.39, 0.29) is 17.6 Å². The molecule has 3 rings (SSSR count). The number of anilines is 1. The number of hydrogen-bond donors (Lipinski definition) is 2. The molecule has 2 aromatic heterocycles. The highest BCUT2D eigenvalue weighted by molar-refractivity contribution is 5.89. The Hall–Kier alpha value is -2.28. The van der Waals surface area contributed by atoms with E-state index in [1.165, 1.54) is 0 Å². The minimum absolute atomic E-state index is 0.00207. The molecular weight excluding hydrogens is 320 g/mol. The second-order valence-corrected chi connectivity index (χ2v) is 7.53. The highest BCUT2D eigenvalue weighted by Crippen LogP contribution is 2.28. The summed E-state index contributed by atoms with van der Waals surface area (Å²) in [4.78, 5) is 14.4. The summed E-state index contributed by atoms with van der Waals surface area (Å²) in [6, 6.07) is 3.36. The van der Waals surface area contributed by atoms with Gasteiger partial charge in [0.25, 0.3) is 0 Å². The largest absolute Gasteiger partial charge is 0.467 e. The topological polar surface area (TPSA) is 83.5 Å². The second kappa shape index (κ2) is 6.92. The molecule has 1 saturated heterocycles. The summed E-state index contributed by atoms with van der Waals surface area (Å²) in [5.41, 5.74) is 0.545. The molecule has 0 aliphatic carbocycles. The van der Waals surface area contributed by atoms with Gasteiger partial charge >= 0.3 is 6.03 Å². The van der Waals surface area contributed by atoms with E-state index in [0.717, 1.165) is 12.8 Å². The lowest BCUT2D eigenvalue weighted by Crippen LogP contribution is -2.39. The van der Waals surface area contributed by atoms with Crippen molar-refractivity contribution < 1.29 is 14.3 Å². The number of urea groups is 1. The molecule has 7 heteroatoms. The molecular formula is C18H26N4O3. The van der Waals surface area contributed by atoms with Crippen molar-refractivity contribution in [3.8, 4) is 0 Å². The van der Waals surface area contributed by atoms with Gasteiger partial charge in [0.1, 0.15) is 11.9 Å². The van der Waals surface area contributed by atoms with E-state index in [9.17, 15) is 9.90 Å². The summed E-state index contributed by atoms with van der Waals surface area (Å²) in [5.74, 6) is 0.540. The van der Waals surface area contributed by atoms with E-state index in [1.54, 1.807) is 29.5 Å². The van der Waals surface area contributed by atoms with Crippen molar-refractivity contribution in [3.05, 3.63) is 36.5 Å². The van der Waals surface area contributed by atoms with Crippen LogP contribution < -0.4 is 5.32 Å².